The number of alkyl halides is 6. The van der Waals surface area contributed by atoms with Gasteiger partial charge in [0.05, 0.1) is 0 Å². The fourth-order valence-corrected chi connectivity index (χ4v) is 5.08. The highest BCUT2D eigenvalue weighted by atomic mass is 19.4. The molecule has 0 saturated carbocycles. The Hall–Kier alpha value is -4.02. The number of hydrogen-bond donors (Lipinski definition) is 1. The quantitative estimate of drug-likeness (QED) is 0.202. The maximum absolute atomic E-state index is 14.9. The monoisotopic (exact) mass is 604 g/mol. The number of phenolic OH excluding ortho intramolecular Hbond substituents is 1. The summed E-state index contributed by atoms with van der Waals surface area (Å²) < 4.78 is 101. The molecule has 1 N–H and O–H groups in total. The van der Waals surface area contributed by atoms with E-state index in [9.17, 15) is 31.4 Å². The normalized spacial score (nSPS) is 13.8. The van der Waals surface area contributed by atoms with Crippen molar-refractivity contribution in [2.24, 2.45) is 0 Å². The Labute approximate surface area is 243 Å². The van der Waals surface area contributed by atoms with Crippen LogP contribution in [0.4, 0.5) is 26.3 Å². The highest BCUT2D eigenvalue weighted by molar-refractivity contribution is 5.79. The number of fused-ring (bicyclic) bond motifs is 2. The first-order chi connectivity index (χ1) is 19.8. The molecule has 0 bridgehead atoms. The van der Waals surface area contributed by atoms with Gasteiger partial charge in [-0.3, -0.25) is 0 Å². The van der Waals surface area contributed by atoms with Crippen molar-refractivity contribution in [3.8, 4) is 17.2 Å². The summed E-state index contributed by atoms with van der Waals surface area (Å²) in [5.74, 6) is 0.0424. The molecule has 11 heteroatoms. The van der Waals surface area contributed by atoms with Crippen molar-refractivity contribution < 1.29 is 40.3 Å². The lowest BCUT2D eigenvalue weighted by Crippen LogP contribution is -2.54. The van der Waals surface area contributed by atoms with E-state index in [2.05, 4.69) is 9.97 Å². The fraction of sp³-hybridized carbons (Fsp3) is 0.375. The van der Waals surface area contributed by atoms with E-state index < -0.39 is 34.3 Å². The van der Waals surface area contributed by atoms with Crippen LogP contribution in [0, 0.1) is 0 Å². The van der Waals surface area contributed by atoms with Crippen LogP contribution in [0.2, 0.25) is 0 Å². The first kappa shape index (κ1) is 30.4. The maximum atomic E-state index is 14.9. The molecule has 2 aromatic heterocycles. The molecule has 5 rings (SSSR count). The first-order valence-electron chi connectivity index (χ1n) is 13.6. The van der Waals surface area contributed by atoms with Crippen LogP contribution in [0.15, 0.2) is 63.4 Å². The summed E-state index contributed by atoms with van der Waals surface area (Å²) in [7, 11) is 0. The van der Waals surface area contributed by atoms with Crippen molar-refractivity contribution in [1.82, 2.24) is 9.97 Å². The number of aromatic hydroxyl groups is 1. The molecule has 3 aromatic carbocycles. The predicted molar refractivity (Wildman–Crippen MR) is 150 cm³/mol. The minimum absolute atomic E-state index is 0.0154. The molecule has 2 heterocycles. The molecule has 0 fully saturated rings. The van der Waals surface area contributed by atoms with Gasteiger partial charge in [0.15, 0.2) is 11.2 Å². The zero-order valence-electron chi connectivity index (χ0n) is 24.3. The Morgan fingerprint density at radius 3 is 1.72 bits per heavy atom. The summed E-state index contributed by atoms with van der Waals surface area (Å²) in [5.41, 5.74) is -6.68. The largest absolute Gasteiger partial charge is 0.508 e. The smallest absolute Gasteiger partial charge is 0.411 e. The molecule has 0 amide bonds. The van der Waals surface area contributed by atoms with Crippen molar-refractivity contribution in [2.75, 3.05) is 0 Å². The molecule has 0 saturated heterocycles. The number of oxazole rings is 2. The lowest BCUT2D eigenvalue weighted by Gasteiger charge is -2.38. The van der Waals surface area contributed by atoms with E-state index in [1.807, 2.05) is 20.8 Å². The van der Waals surface area contributed by atoms with E-state index in [-0.39, 0.29) is 45.1 Å². The van der Waals surface area contributed by atoms with Crippen molar-refractivity contribution in [2.45, 2.75) is 76.6 Å². The molecule has 5 nitrogen and oxygen atoms in total. The molecular formula is C32H30F6N2O3. The molecule has 0 radical (unpaired) electrons. The van der Waals surface area contributed by atoms with Gasteiger partial charge >= 0.3 is 12.4 Å². The van der Waals surface area contributed by atoms with Crippen molar-refractivity contribution in [3.63, 3.8) is 0 Å². The second kappa shape index (κ2) is 9.75. The highest BCUT2D eigenvalue weighted by Crippen LogP contribution is 2.57. The number of rotatable bonds is 5. The second-order valence-corrected chi connectivity index (χ2v) is 12.4. The van der Waals surface area contributed by atoms with Crippen molar-refractivity contribution in [1.29, 1.82) is 0 Å². The summed E-state index contributed by atoms with van der Waals surface area (Å²) >= 11 is 0. The highest BCUT2D eigenvalue weighted by Gasteiger charge is 2.72. The number of benzene rings is 3. The Balaban J connectivity index is 1.71. The topological polar surface area (TPSA) is 72.3 Å². The number of hydrogen-bond acceptors (Lipinski definition) is 5. The van der Waals surface area contributed by atoms with Crippen LogP contribution in [0.25, 0.3) is 33.7 Å². The fourth-order valence-electron chi connectivity index (χ4n) is 5.08. The number of nitrogens with zero attached hydrogens (tertiary/aromatic N) is 2. The third-order valence-corrected chi connectivity index (χ3v) is 7.96. The Kier molecular flexibility index (Phi) is 6.90. The minimum Gasteiger partial charge on any atom is -0.508 e. The molecule has 0 unspecified atom stereocenters. The lowest BCUT2D eigenvalue weighted by molar-refractivity contribution is -0.288. The van der Waals surface area contributed by atoms with Gasteiger partial charge < -0.3 is 13.9 Å². The molecule has 228 valence electrons. The third-order valence-electron chi connectivity index (χ3n) is 7.96. The van der Waals surface area contributed by atoms with Crippen LogP contribution in [0.5, 0.6) is 5.75 Å². The molecule has 43 heavy (non-hydrogen) atoms. The molecule has 0 aliphatic rings. The SMILES string of the molecule is CCC(C)(C)c1cc(O)cc(-c2nc3cc(C(c4ccc5oc(C(C)(C)C)nc5c4)(C(F)(F)F)C(F)(F)F)ccc3o2)c1. The zero-order valence-corrected chi connectivity index (χ0v) is 24.3. The lowest BCUT2D eigenvalue weighted by atomic mass is 9.72. The summed E-state index contributed by atoms with van der Waals surface area (Å²) in [4.78, 5) is 8.44. The zero-order chi connectivity index (χ0) is 31.8. The summed E-state index contributed by atoms with van der Waals surface area (Å²) in [6.07, 6.45) is -10.9. The first-order valence-corrected chi connectivity index (χ1v) is 13.6. The standard InChI is InChI=1S/C32H30F6N2O3/c1-7-29(5,6)20-12-17(13-21(41)14-20)26-39-22-15-18(8-10-24(22)42-26)30(31(33,34)35,32(36,37)38)19-9-11-25-23(16-19)40-27(43-25)28(2,3)4/h8-16,41H,7H2,1-6H3. The van der Waals surface area contributed by atoms with Crippen LogP contribution >= 0.6 is 0 Å². The molecule has 0 aliphatic carbocycles. The third kappa shape index (κ3) is 5.02. The Morgan fingerprint density at radius 1 is 0.674 bits per heavy atom. The van der Waals surface area contributed by atoms with Gasteiger partial charge in [-0.25, -0.2) is 9.97 Å². The van der Waals surface area contributed by atoms with Gasteiger partial charge in [0, 0.05) is 11.0 Å². The van der Waals surface area contributed by atoms with E-state index in [4.69, 9.17) is 8.83 Å². The van der Waals surface area contributed by atoms with Gasteiger partial charge in [0.25, 0.3) is 0 Å². The van der Waals surface area contributed by atoms with E-state index in [0.29, 0.717) is 5.56 Å². The van der Waals surface area contributed by atoms with Crippen LogP contribution in [0.3, 0.4) is 0 Å². The molecule has 0 atom stereocenters. The maximum Gasteiger partial charge on any atom is 0.411 e. The number of halogens is 6. The van der Waals surface area contributed by atoms with Gasteiger partial charge in [0.1, 0.15) is 16.8 Å². The average Bonchev–Trinajstić information content (AvgIpc) is 3.51. The van der Waals surface area contributed by atoms with Gasteiger partial charge in [-0.05, 0) is 71.0 Å². The van der Waals surface area contributed by atoms with Crippen LogP contribution < -0.4 is 0 Å². The summed E-state index contributed by atoms with van der Waals surface area (Å²) in [6, 6.07) is 9.84. The summed E-state index contributed by atoms with van der Waals surface area (Å²) in [6.45, 7) is 11.2. The van der Waals surface area contributed by atoms with Crippen LogP contribution in [0.1, 0.15) is 70.5 Å². The molecule has 0 spiro atoms. The predicted octanol–water partition coefficient (Wildman–Crippen LogP) is 9.74. The van der Waals surface area contributed by atoms with E-state index in [0.717, 1.165) is 48.4 Å². The average molecular weight is 605 g/mol. The van der Waals surface area contributed by atoms with Crippen molar-refractivity contribution in [3.05, 3.63) is 77.2 Å². The van der Waals surface area contributed by atoms with Gasteiger partial charge in [-0.1, -0.05) is 53.7 Å². The van der Waals surface area contributed by atoms with E-state index in [1.54, 1.807) is 32.9 Å². The van der Waals surface area contributed by atoms with Gasteiger partial charge in [0.2, 0.25) is 17.2 Å². The van der Waals surface area contributed by atoms with Crippen LogP contribution in [-0.4, -0.2) is 27.4 Å². The van der Waals surface area contributed by atoms with E-state index >= 15 is 0 Å². The Bertz CT molecular complexity index is 1810. The van der Waals surface area contributed by atoms with Gasteiger partial charge in [-0.2, -0.15) is 26.3 Å². The number of aromatic nitrogens is 2. The van der Waals surface area contributed by atoms with E-state index in [1.165, 1.54) is 6.07 Å². The van der Waals surface area contributed by atoms with Crippen LogP contribution in [-0.2, 0) is 16.2 Å². The van der Waals surface area contributed by atoms with Crippen molar-refractivity contribution >= 4 is 22.2 Å². The second-order valence-electron chi connectivity index (χ2n) is 12.4. The molecule has 5 aromatic rings. The Morgan fingerprint density at radius 2 is 1.21 bits per heavy atom. The molecule has 0 aliphatic heterocycles. The number of phenols is 1. The van der Waals surface area contributed by atoms with Gasteiger partial charge in [-0.15, -0.1) is 0 Å². The summed E-state index contributed by atoms with van der Waals surface area (Å²) in [5, 5.41) is 10.3. The molecular weight excluding hydrogens is 574 g/mol. The minimum atomic E-state index is -5.80.